The first-order valence-corrected chi connectivity index (χ1v) is 9.99. The molecule has 1 aromatic heterocycles. The lowest BCUT2D eigenvalue weighted by Crippen LogP contribution is -2.52. The molecule has 30 heavy (non-hydrogen) atoms. The SMILES string of the molecule is CCC(CC)n1nc(C)cc1C(=O)N1CCNC(=O)C1c1ccc(C(F)(F)F)cc1. The fourth-order valence-corrected chi connectivity index (χ4v) is 3.81. The zero-order valence-electron chi connectivity index (χ0n) is 17.2. The van der Waals surface area contributed by atoms with Gasteiger partial charge in [0.05, 0.1) is 17.3 Å². The van der Waals surface area contributed by atoms with Gasteiger partial charge in [0, 0.05) is 13.1 Å². The first-order valence-electron chi connectivity index (χ1n) is 9.99. The molecule has 0 spiro atoms. The standard InChI is InChI=1S/C21H25F3N4O2/c1-4-16(5-2)28-17(12-13(3)26-28)20(30)27-11-10-25-19(29)18(27)14-6-8-15(9-7-14)21(22,23)24/h6-9,12,16,18H,4-5,10-11H2,1-3H3,(H,25,29). The highest BCUT2D eigenvalue weighted by molar-refractivity contribution is 5.97. The second-order valence-corrected chi connectivity index (χ2v) is 7.40. The van der Waals surface area contributed by atoms with Crippen LogP contribution in [0.2, 0.25) is 0 Å². The third-order valence-electron chi connectivity index (χ3n) is 5.39. The van der Waals surface area contributed by atoms with Crippen LogP contribution in [0.15, 0.2) is 30.3 Å². The number of piperazine rings is 1. The molecule has 2 heterocycles. The molecule has 0 aliphatic carbocycles. The van der Waals surface area contributed by atoms with Gasteiger partial charge in [-0.1, -0.05) is 26.0 Å². The van der Waals surface area contributed by atoms with Gasteiger partial charge in [-0.3, -0.25) is 14.3 Å². The molecule has 2 amide bonds. The van der Waals surface area contributed by atoms with E-state index < -0.39 is 23.7 Å². The summed E-state index contributed by atoms with van der Waals surface area (Å²) < 4.78 is 40.4. The Kier molecular flexibility index (Phi) is 6.19. The molecule has 6 nitrogen and oxygen atoms in total. The molecule has 1 fully saturated rings. The lowest BCUT2D eigenvalue weighted by molar-refractivity contribution is -0.137. The molecule has 2 aromatic rings. The number of benzene rings is 1. The van der Waals surface area contributed by atoms with E-state index in [0.717, 1.165) is 25.0 Å². The average molecular weight is 422 g/mol. The van der Waals surface area contributed by atoms with Gasteiger partial charge in [-0.25, -0.2) is 0 Å². The fourth-order valence-electron chi connectivity index (χ4n) is 3.81. The molecule has 0 saturated carbocycles. The third kappa shape index (κ3) is 4.20. The van der Waals surface area contributed by atoms with Crippen LogP contribution in [0, 0.1) is 6.92 Å². The Morgan fingerprint density at radius 2 is 1.87 bits per heavy atom. The Hall–Kier alpha value is -2.84. The van der Waals surface area contributed by atoms with Crippen LogP contribution in [-0.4, -0.2) is 39.6 Å². The maximum atomic E-state index is 13.4. The number of nitrogens with one attached hydrogen (secondary N) is 1. The smallest absolute Gasteiger partial charge is 0.352 e. The summed E-state index contributed by atoms with van der Waals surface area (Å²) in [6.07, 6.45) is -2.89. The number of aromatic nitrogens is 2. The number of halogens is 3. The van der Waals surface area contributed by atoms with Crippen LogP contribution in [0.3, 0.4) is 0 Å². The number of aryl methyl sites for hydroxylation is 1. The number of carbonyl (C=O) groups is 2. The van der Waals surface area contributed by atoms with Crippen LogP contribution in [0.25, 0.3) is 0 Å². The van der Waals surface area contributed by atoms with Gasteiger partial charge in [-0.15, -0.1) is 0 Å². The van der Waals surface area contributed by atoms with Crippen LogP contribution >= 0.6 is 0 Å². The largest absolute Gasteiger partial charge is 0.416 e. The number of alkyl halides is 3. The molecule has 1 unspecified atom stereocenters. The molecular weight excluding hydrogens is 397 g/mol. The van der Waals surface area contributed by atoms with Crippen molar-refractivity contribution in [3.63, 3.8) is 0 Å². The zero-order valence-corrected chi connectivity index (χ0v) is 17.2. The first-order chi connectivity index (χ1) is 14.2. The molecular formula is C21H25F3N4O2. The van der Waals surface area contributed by atoms with Gasteiger partial charge in [-0.2, -0.15) is 18.3 Å². The number of carbonyl (C=O) groups excluding carboxylic acids is 2. The number of hydrogen-bond donors (Lipinski definition) is 1. The van der Waals surface area contributed by atoms with Crippen molar-refractivity contribution in [3.8, 4) is 0 Å². The Morgan fingerprint density at radius 1 is 1.23 bits per heavy atom. The van der Waals surface area contributed by atoms with E-state index in [9.17, 15) is 22.8 Å². The molecule has 162 valence electrons. The van der Waals surface area contributed by atoms with Gasteiger partial charge < -0.3 is 10.2 Å². The topological polar surface area (TPSA) is 67.2 Å². The summed E-state index contributed by atoms with van der Waals surface area (Å²) in [5, 5.41) is 7.17. The van der Waals surface area contributed by atoms with Crippen LogP contribution in [0.4, 0.5) is 13.2 Å². The van der Waals surface area contributed by atoms with Crippen molar-refractivity contribution in [3.05, 3.63) is 52.8 Å². The minimum absolute atomic E-state index is 0.0424. The highest BCUT2D eigenvalue weighted by Gasteiger charge is 2.37. The monoisotopic (exact) mass is 422 g/mol. The lowest BCUT2D eigenvalue weighted by Gasteiger charge is -2.35. The van der Waals surface area contributed by atoms with E-state index in [4.69, 9.17) is 0 Å². The molecule has 1 saturated heterocycles. The molecule has 1 aliphatic heterocycles. The van der Waals surface area contributed by atoms with E-state index in [1.807, 2.05) is 13.8 Å². The van der Waals surface area contributed by atoms with E-state index >= 15 is 0 Å². The zero-order chi connectivity index (χ0) is 22.1. The van der Waals surface area contributed by atoms with Crippen molar-refractivity contribution in [2.45, 2.75) is 51.9 Å². The average Bonchev–Trinajstić information content (AvgIpc) is 3.09. The van der Waals surface area contributed by atoms with Crippen LogP contribution in [0.1, 0.15) is 66.1 Å². The second kappa shape index (κ2) is 8.49. The molecule has 9 heteroatoms. The number of amides is 2. The van der Waals surface area contributed by atoms with E-state index in [1.165, 1.54) is 17.0 Å². The highest BCUT2D eigenvalue weighted by atomic mass is 19.4. The van der Waals surface area contributed by atoms with Gasteiger partial charge in [0.25, 0.3) is 5.91 Å². The molecule has 0 bridgehead atoms. The van der Waals surface area contributed by atoms with Gasteiger partial charge >= 0.3 is 6.18 Å². The predicted molar refractivity (Wildman–Crippen MR) is 105 cm³/mol. The van der Waals surface area contributed by atoms with Crippen molar-refractivity contribution in [2.75, 3.05) is 13.1 Å². The van der Waals surface area contributed by atoms with Gasteiger partial charge in [0.2, 0.25) is 5.91 Å². The van der Waals surface area contributed by atoms with E-state index in [0.29, 0.717) is 17.0 Å². The van der Waals surface area contributed by atoms with Gasteiger partial charge in [-0.05, 0) is 43.5 Å². The van der Waals surface area contributed by atoms with Crippen molar-refractivity contribution in [1.82, 2.24) is 20.0 Å². The van der Waals surface area contributed by atoms with Crippen LogP contribution < -0.4 is 5.32 Å². The third-order valence-corrected chi connectivity index (χ3v) is 5.39. The Bertz CT molecular complexity index is 917. The lowest BCUT2D eigenvalue weighted by atomic mass is 10.00. The maximum absolute atomic E-state index is 13.4. The minimum atomic E-state index is -4.47. The van der Waals surface area contributed by atoms with Crippen molar-refractivity contribution >= 4 is 11.8 Å². The molecule has 3 rings (SSSR count). The summed E-state index contributed by atoms with van der Waals surface area (Å²) in [5.41, 5.74) is 0.604. The number of rotatable bonds is 5. The Balaban J connectivity index is 1.98. The van der Waals surface area contributed by atoms with Crippen LogP contribution in [-0.2, 0) is 11.0 Å². The first kappa shape index (κ1) is 21.9. The summed E-state index contributed by atoms with van der Waals surface area (Å²) in [6.45, 7) is 6.35. The summed E-state index contributed by atoms with van der Waals surface area (Å²) in [5.74, 6) is -0.776. The maximum Gasteiger partial charge on any atom is 0.416 e. The van der Waals surface area contributed by atoms with Crippen molar-refractivity contribution in [2.24, 2.45) is 0 Å². The van der Waals surface area contributed by atoms with E-state index in [-0.39, 0.29) is 25.0 Å². The highest BCUT2D eigenvalue weighted by Crippen LogP contribution is 2.32. The van der Waals surface area contributed by atoms with Crippen LogP contribution in [0.5, 0.6) is 0 Å². The Labute approximate surface area is 173 Å². The second-order valence-electron chi connectivity index (χ2n) is 7.40. The predicted octanol–water partition coefficient (Wildman–Crippen LogP) is 3.88. The molecule has 1 N–H and O–H groups in total. The van der Waals surface area contributed by atoms with Crippen molar-refractivity contribution in [1.29, 1.82) is 0 Å². The summed E-state index contributed by atoms with van der Waals surface area (Å²) in [4.78, 5) is 27.5. The molecule has 1 aromatic carbocycles. The number of hydrogen-bond acceptors (Lipinski definition) is 3. The Morgan fingerprint density at radius 3 is 2.43 bits per heavy atom. The fraction of sp³-hybridized carbons (Fsp3) is 0.476. The molecule has 0 radical (unpaired) electrons. The van der Waals surface area contributed by atoms with Gasteiger partial charge in [0.1, 0.15) is 11.7 Å². The molecule has 1 atom stereocenters. The summed E-state index contributed by atoms with van der Waals surface area (Å²) >= 11 is 0. The summed E-state index contributed by atoms with van der Waals surface area (Å²) in [7, 11) is 0. The number of nitrogens with zero attached hydrogens (tertiary/aromatic N) is 3. The van der Waals surface area contributed by atoms with E-state index in [2.05, 4.69) is 10.4 Å². The molecule has 1 aliphatic rings. The summed E-state index contributed by atoms with van der Waals surface area (Å²) in [6, 6.07) is 5.10. The normalized spacial score (nSPS) is 17.4. The van der Waals surface area contributed by atoms with E-state index in [1.54, 1.807) is 17.7 Å². The van der Waals surface area contributed by atoms with Crippen molar-refractivity contribution < 1.29 is 22.8 Å². The van der Waals surface area contributed by atoms with Gasteiger partial charge in [0.15, 0.2) is 0 Å². The quantitative estimate of drug-likeness (QED) is 0.795. The minimum Gasteiger partial charge on any atom is -0.352 e.